The number of thioether (sulfide) groups is 1. The van der Waals surface area contributed by atoms with Crippen LogP contribution in [0.15, 0.2) is 18.2 Å². The molecule has 1 aromatic rings. The van der Waals surface area contributed by atoms with Crippen LogP contribution < -0.4 is 10.2 Å². The molecule has 0 spiro atoms. The Morgan fingerprint density at radius 2 is 2.00 bits per heavy atom. The number of benzene rings is 1. The summed E-state index contributed by atoms with van der Waals surface area (Å²) in [6.45, 7) is 2.08. The lowest BCUT2D eigenvalue weighted by Gasteiger charge is -2.29. The average Bonchev–Trinajstić information content (AvgIpc) is 3.01. The number of nitrogens with zero attached hydrogens (tertiary/aromatic N) is 1. The first kappa shape index (κ1) is 16.0. The summed E-state index contributed by atoms with van der Waals surface area (Å²) in [6, 6.07) is 5.88. The Morgan fingerprint density at radius 3 is 2.68 bits per heavy atom. The van der Waals surface area contributed by atoms with E-state index in [1.807, 2.05) is 30.0 Å². The van der Waals surface area contributed by atoms with Crippen molar-refractivity contribution in [2.24, 2.45) is 5.92 Å². The lowest BCUT2D eigenvalue weighted by molar-refractivity contribution is -0.117. The molecule has 2 aliphatic rings. The van der Waals surface area contributed by atoms with Gasteiger partial charge in [-0.2, -0.15) is 11.8 Å². The highest BCUT2D eigenvalue weighted by atomic mass is 35.5. The molecule has 3 nitrogen and oxygen atoms in total. The Morgan fingerprint density at radius 1 is 1.27 bits per heavy atom. The van der Waals surface area contributed by atoms with Crippen molar-refractivity contribution in [1.29, 1.82) is 0 Å². The average molecular weight is 339 g/mol. The van der Waals surface area contributed by atoms with Gasteiger partial charge in [-0.05, 0) is 37.0 Å². The van der Waals surface area contributed by atoms with Crippen LogP contribution in [0.2, 0.25) is 5.02 Å². The summed E-state index contributed by atoms with van der Waals surface area (Å²) in [7, 11) is 0. The molecular formula is C17H23ClN2OS. The van der Waals surface area contributed by atoms with Gasteiger partial charge in [-0.3, -0.25) is 4.79 Å². The second-order valence-electron chi connectivity index (χ2n) is 6.17. The number of halogens is 1. The van der Waals surface area contributed by atoms with Gasteiger partial charge in [0.15, 0.2) is 0 Å². The quantitative estimate of drug-likeness (QED) is 0.882. The zero-order valence-corrected chi connectivity index (χ0v) is 14.4. The van der Waals surface area contributed by atoms with Crippen molar-refractivity contribution < 1.29 is 4.79 Å². The molecule has 22 heavy (non-hydrogen) atoms. The smallest absolute Gasteiger partial charge is 0.224 e. The highest BCUT2D eigenvalue weighted by Crippen LogP contribution is 2.31. The number of nitrogens with one attached hydrogen (secondary N) is 1. The van der Waals surface area contributed by atoms with E-state index >= 15 is 0 Å². The van der Waals surface area contributed by atoms with E-state index in [2.05, 4.69) is 10.2 Å². The third-order valence-corrected chi connectivity index (χ3v) is 5.78. The molecule has 1 saturated carbocycles. The van der Waals surface area contributed by atoms with E-state index in [0.29, 0.717) is 12.3 Å². The fraction of sp³-hybridized carbons (Fsp3) is 0.588. The Balaban J connectivity index is 1.59. The molecule has 0 aromatic heterocycles. The summed E-state index contributed by atoms with van der Waals surface area (Å²) >= 11 is 8.40. The standard InChI is InChI=1S/C17H23ClN2OS/c18-15-12-14(19-17(21)11-13-3-1-2-4-13)5-6-16(15)20-7-9-22-10-8-20/h5-6,12-13H,1-4,7-11H2,(H,19,21). The van der Waals surface area contributed by atoms with E-state index in [-0.39, 0.29) is 5.91 Å². The molecule has 3 rings (SSSR count). The normalized spacial score (nSPS) is 19.4. The van der Waals surface area contributed by atoms with Crippen molar-refractivity contribution in [1.82, 2.24) is 0 Å². The minimum absolute atomic E-state index is 0.116. The molecule has 120 valence electrons. The van der Waals surface area contributed by atoms with Gasteiger partial charge in [-0.15, -0.1) is 0 Å². The highest BCUT2D eigenvalue weighted by molar-refractivity contribution is 7.99. The summed E-state index contributed by atoms with van der Waals surface area (Å²) in [6.07, 6.45) is 5.57. The van der Waals surface area contributed by atoms with Crippen LogP contribution in [0.1, 0.15) is 32.1 Å². The molecule has 2 fully saturated rings. The van der Waals surface area contributed by atoms with Crippen molar-refractivity contribution in [3.8, 4) is 0 Å². The second kappa shape index (κ2) is 7.60. The fourth-order valence-corrected chi connectivity index (χ4v) is 4.54. The maximum absolute atomic E-state index is 12.1. The maximum atomic E-state index is 12.1. The molecule has 0 bridgehead atoms. The van der Waals surface area contributed by atoms with Crippen LogP contribution in [0.25, 0.3) is 0 Å². The molecule has 1 amide bonds. The van der Waals surface area contributed by atoms with Gasteiger partial charge in [0.2, 0.25) is 5.91 Å². The number of amides is 1. The van der Waals surface area contributed by atoms with Crippen LogP contribution in [0.4, 0.5) is 11.4 Å². The number of hydrogen-bond acceptors (Lipinski definition) is 3. The minimum Gasteiger partial charge on any atom is -0.369 e. The van der Waals surface area contributed by atoms with Crippen molar-refractivity contribution in [2.45, 2.75) is 32.1 Å². The van der Waals surface area contributed by atoms with Crippen LogP contribution in [0, 0.1) is 5.92 Å². The van der Waals surface area contributed by atoms with E-state index in [9.17, 15) is 4.79 Å². The SMILES string of the molecule is O=C(CC1CCCC1)Nc1ccc(N2CCSCC2)c(Cl)c1. The monoisotopic (exact) mass is 338 g/mol. The Hall–Kier alpha value is -0.870. The van der Waals surface area contributed by atoms with Gasteiger partial charge >= 0.3 is 0 Å². The third-order valence-electron chi connectivity index (χ3n) is 4.53. The first-order valence-corrected chi connectivity index (χ1v) is 9.68. The van der Waals surface area contributed by atoms with Crippen molar-refractivity contribution in [2.75, 3.05) is 34.8 Å². The molecule has 1 heterocycles. The van der Waals surface area contributed by atoms with E-state index < -0.39 is 0 Å². The summed E-state index contributed by atoms with van der Waals surface area (Å²) in [4.78, 5) is 14.4. The molecule has 1 aliphatic carbocycles. The van der Waals surface area contributed by atoms with Crippen LogP contribution in [-0.4, -0.2) is 30.5 Å². The van der Waals surface area contributed by atoms with E-state index in [1.54, 1.807) is 0 Å². The zero-order valence-electron chi connectivity index (χ0n) is 12.8. The Kier molecular flexibility index (Phi) is 5.53. The summed E-state index contributed by atoms with van der Waals surface area (Å²) in [5.41, 5.74) is 1.89. The molecule has 1 saturated heterocycles. The third kappa shape index (κ3) is 4.11. The number of carbonyl (C=O) groups is 1. The minimum atomic E-state index is 0.116. The molecule has 0 unspecified atom stereocenters. The van der Waals surface area contributed by atoms with E-state index in [1.165, 1.54) is 25.7 Å². The van der Waals surface area contributed by atoms with Crippen LogP contribution in [0.5, 0.6) is 0 Å². The van der Waals surface area contributed by atoms with E-state index in [4.69, 9.17) is 11.6 Å². The number of anilines is 2. The molecule has 0 atom stereocenters. The van der Waals surface area contributed by atoms with Gasteiger partial charge in [0.1, 0.15) is 0 Å². The molecule has 0 radical (unpaired) electrons. The predicted molar refractivity (Wildman–Crippen MR) is 96.2 cm³/mol. The van der Waals surface area contributed by atoms with Crippen LogP contribution in [-0.2, 0) is 4.79 Å². The van der Waals surface area contributed by atoms with Gasteiger partial charge in [-0.25, -0.2) is 0 Å². The summed E-state index contributed by atoms with van der Waals surface area (Å²) in [5, 5.41) is 3.72. The highest BCUT2D eigenvalue weighted by Gasteiger charge is 2.19. The lowest BCUT2D eigenvalue weighted by Crippen LogP contribution is -2.32. The van der Waals surface area contributed by atoms with Crippen LogP contribution in [0.3, 0.4) is 0 Å². The van der Waals surface area contributed by atoms with Gasteiger partial charge in [0.05, 0.1) is 10.7 Å². The molecule has 5 heteroatoms. The Labute approximate surface area is 141 Å². The first-order valence-electron chi connectivity index (χ1n) is 8.14. The van der Waals surface area contributed by atoms with E-state index in [0.717, 1.165) is 41.0 Å². The molecule has 1 aromatic carbocycles. The molecule has 1 N–H and O–H groups in total. The zero-order chi connectivity index (χ0) is 15.4. The largest absolute Gasteiger partial charge is 0.369 e. The van der Waals surface area contributed by atoms with Gasteiger partial charge in [-0.1, -0.05) is 24.4 Å². The summed E-state index contributed by atoms with van der Waals surface area (Å²) < 4.78 is 0. The topological polar surface area (TPSA) is 32.3 Å². The molecular weight excluding hydrogens is 316 g/mol. The fourth-order valence-electron chi connectivity index (χ4n) is 3.33. The predicted octanol–water partition coefficient (Wildman–Crippen LogP) is 4.41. The summed E-state index contributed by atoms with van der Waals surface area (Å²) in [5.74, 6) is 2.98. The number of rotatable bonds is 4. The lowest BCUT2D eigenvalue weighted by atomic mass is 10.0. The van der Waals surface area contributed by atoms with Gasteiger partial charge in [0.25, 0.3) is 0 Å². The van der Waals surface area contributed by atoms with Crippen molar-refractivity contribution in [3.63, 3.8) is 0 Å². The van der Waals surface area contributed by atoms with Gasteiger partial charge < -0.3 is 10.2 Å². The van der Waals surface area contributed by atoms with Crippen LogP contribution >= 0.6 is 23.4 Å². The maximum Gasteiger partial charge on any atom is 0.224 e. The Bertz CT molecular complexity index is 525. The second-order valence-corrected chi connectivity index (χ2v) is 7.80. The number of hydrogen-bond donors (Lipinski definition) is 1. The number of carbonyl (C=O) groups excluding carboxylic acids is 1. The molecule has 1 aliphatic heterocycles. The van der Waals surface area contributed by atoms with Crippen molar-refractivity contribution in [3.05, 3.63) is 23.2 Å². The van der Waals surface area contributed by atoms with Gasteiger partial charge in [0, 0.05) is 36.7 Å². The first-order chi connectivity index (χ1) is 10.7. The van der Waals surface area contributed by atoms with Crippen molar-refractivity contribution >= 4 is 40.6 Å².